The van der Waals surface area contributed by atoms with Gasteiger partial charge in [0.25, 0.3) is 0 Å². The molecule has 0 unspecified atom stereocenters. The van der Waals surface area contributed by atoms with Crippen LogP contribution in [0.15, 0.2) is 0 Å². The van der Waals surface area contributed by atoms with E-state index in [1.54, 1.807) is 0 Å². The Morgan fingerprint density at radius 1 is 1.33 bits per heavy atom. The topological polar surface area (TPSA) is 40.1 Å². The van der Waals surface area contributed by atoms with Crippen molar-refractivity contribution in [3.63, 3.8) is 0 Å². The number of aliphatic carboxylic acids is 1. The first kappa shape index (κ1) is 11.6. The van der Waals surface area contributed by atoms with Gasteiger partial charge in [0.1, 0.15) is 0 Å². The second-order valence-electron chi connectivity index (χ2n) is 2.10. The molecule has 0 atom stereocenters. The summed E-state index contributed by atoms with van der Waals surface area (Å²) >= 11 is 0.968. The van der Waals surface area contributed by atoms with Crippen LogP contribution in [-0.2, 0) is 4.79 Å². The standard InChI is InChI=1S/C6H9F3O2S/c7-6(8,9)2-4-12-3-1-5(10)11/h1-4H2,(H,10,11)/p-1. The summed E-state index contributed by atoms with van der Waals surface area (Å²) in [7, 11) is 0. The van der Waals surface area contributed by atoms with Gasteiger partial charge in [-0.15, -0.1) is 0 Å². The van der Waals surface area contributed by atoms with Crippen molar-refractivity contribution < 1.29 is 23.1 Å². The second-order valence-corrected chi connectivity index (χ2v) is 3.32. The van der Waals surface area contributed by atoms with Gasteiger partial charge in [0.2, 0.25) is 0 Å². The lowest BCUT2D eigenvalue weighted by Crippen LogP contribution is -2.22. The highest BCUT2D eigenvalue weighted by Gasteiger charge is 2.25. The number of alkyl halides is 3. The average Bonchev–Trinajstić information content (AvgIpc) is 1.83. The Morgan fingerprint density at radius 2 is 1.92 bits per heavy atom. The smallest absolute Gasteiger partial charge is 0.389 e. The molecule has 0 aromatic rings. The predicted octanol–water partition coefficient (Wildman–Crippen LogP) is 0.812. The molecule has 0 amide bonds. The Bertz CT molecular complexity index is 146. The maximum Gasteiger partial charge on any atom is 0.389 e. The van der Waals surface area contributed by atoms with Gasteiger partial charge in [-0.2, -0.15) is 24.9 Å². The molecule has 0 fully saturated rings. The van der Waals surface area contributed by atoms with E-state index in [2.05, 4.69) is 0 Å². The Balaban J connectivity index is 3.17. The van der Waals surface area contributed by atoms with Gasteiger partial charge in [0, 0.05) is 11.7 Å². The van der Waals surface area contributed by atoms with Gasteiger partial charge >= 0.3 is 6.18 Å². The summed E-state index contributed by atoms with van der Waals surface area (Å²) in [6, 6.07) is 0. The predicted molar refractivity (Wildman–Crippen MR) is 37.6 cm³/mol. The number of carboxylic acid groups (broad SMARTS) is 1. The van der Waals surface area contributed by atoms with E-state index in [0.29, 0.717) is 0 Å². The number of thioether (sulfide) groups is 1. The summed E-state index contributed by atoms with van der Waals surface area (Å²) in [6.45, 7) is 0. The van der Waals surface area contributed by atoms with Crippen molar-refractivity contribution in [3.8, 4) is 0 Å². The molecule has 0 bridgehead atoms. The zero-order valence-corrected chi connectivity index (χ0v) is 7.00. The molecule has 72 valence electrons. The van der Waals surface area contributed by atoms with E-state index in [9.17, 15) is 23.1 Å². The summed E-state index contributed by atoms with van der Waals surface area (Å²) < 4.78 is 34.5. The molecule has 0 N–H and O–H groups in total. The zero-order chi connectivity index (χ0) is 9.61. The van der Waals surface area contributed by atoms with Crippen LogP contribution in [0.25, 0.3) is 0 Å². The highest BCUT2D eigenvalue weighted by molar-refractivity contribution is 7.99. The molecule has 0 aliphatic rings. The molecule has 12 heavy (non-hydrogen) atoms. The Kier molecular flexibility index (Phi) is 5.12. The maximum absolute atomic E-state index is 11.5. The third-order valence-corrected chi connectivity index (χ3v) is 1.97. The number of carbonyl (C=O) groups excluding carboxylic acids is 1. The van der Waals surface area contributed by atoms with Crippen LogP contribution in [0.4, 0.5) is 13.2 Å². The molecule has 0 aliphatic heterocycles. The van der Waals surface area contributed by atoms with Crippen LogP contribution in [0.5, 0.6) is 0 Å². The highest BCUT2D eigenvalue weighted by Crippen LogP contribution is 2.21. The molecule has 0 aromatic heterocycles. The molecule has 0 heterocycles. The Hall–Kier alpha value is -0.390. The number of rotatable bonds is 5. The van der Waals surface area contributed by atoms with Crippen molar-refractivity contribution >= 4 is 17.7 Å². The van der Waals surface area contributed by atoms with Crippen LogP contribution in [0.3, 0.4) is 0 Å². The van der Waals surface area contributed by atoms with Gasteiger partial charge in [0.15, 0.2) is 0 Å². The lowest BCUT2D eigenvalue weighted by Gasteiger charge is -2.05. The van der Waals surface area contributed by atoms with Gasteiger partial charge in [0.05, 0.1) is 6.42 Å². The van der Waals surface area contributed by atoms with Crippen molar-refractivity contribution in [2.75, 3.05) is 11.5 Å². The molecular formula is C6H8F3O2S-. The SMILES string of the molecule is O=C([O-])CCSCCC(F)(F)F. The Morgan fingerprint density at radius 3 is 2.33 bits per heavy atom. The number of carbonyl (C=O) groups is 1. The van der Waals surface area contributed by atoms with Crippen LogP contribution in [0.2, 0.25) is 0 Å². The number of carboxylic acids is 1. The minimum absolute atomic E-state index is 0.0865. The lowest BCUT2D eigenvalue weighted by molar-refractivity contribution is -0.305. The van der Waals surface area contributed by atoms with Crippen molar-refractivity contribution in [1.29, 1.82) is 0 Å². The van der Waals surface area contributed by atoms with Gasteiger partial charge in [-0.1, -0.05) is 0 Å². The van der Waals surface area contributed by atoms with Gasteiger partial charge in [-0.25, -0.2) is 0 Å². The number of hydrogen-bond acceptors (Lipinski definition) is 3. The van der Waals surface area contributed by atoms with Gasteiger partial charge in [-0.3, -0.25) is 0 Å². The molecular weight excluding hydrogens is 193 g/mol. The minimum atomic E-state index is -4.14. The first-order valence-electron chi connectivity index (χ1n) is 3.26. The fourth-order valence-electron chi connectivity index (χ4n) is 0.445. The van der Waals surface area contributed by atoms with Crippen molar-refractivity contribution in [1.82, 2.24) is 0 Å². The maximum atomic E-state index is 11.5. The van der Waals surface area contributed by atoms with E-state index >= 15 is 0 Å². The molecule has 0 saturated heterocycles. The van der Waals surface area contributed by atoms with Crippen molar-refractivity contribution in [2.24, 2.45) is 0 Å². The summed E-state index contributed by atoms with van der Waals surface area (Å²) in [4.78, 5) is 9.81. The van der Waals surface area contributed by atoms with Crippen LogP contribution < -0.4 is 5.11 Å². The fourth-order valence-corrected chi connectivity index (χ4v) is 1.34. The van der Waals surface area contributed by atoms with E-state index in [1.807, 2.05) is 0 Å². The average molecular weight is 201 g/mol. The van der Waals surface area contributed by atoms with Gasteiger partial charge < -0.3 is 9.90 Å². The molecule has 0 saturated carbocycles. The van der Waals surface area contributed by atoms with Gasteiger partial charge in [-0.05, 0) is 12.2 Å². The first-order chi connectivity index (χ1) is 5.42. The fraction of sp³-hybridized carbons (Fsp3) is 0.833. The van der Waals surface area contributed by atoms with E-state index in [1.165, 1.54) is 0 Å². The molecule has 0 rings (SSSR count). The minimum Gasteiger partial charge on any atom is -0.550 e. The van der Waals surface area contributed by atoms with Crippen LogP contribution in [-0.4, -0.2) is 23.7 Å². The van der Waals surface area contributed by atoms with Crippen LogP contribution in [0.1, 0.15) is 12.8 Å². The summed E-state index contributed by atoms with van der Waals surface area (Å²) in [6.07, 6.45) is -5.21. The van der Waals surface area contributed by atoms with Crippen molar-refractivity contribution in [2.45, 2.75) is 19.0 Å². The summed E-state index contributed by atoms with van der Waals surface area (Å²) in [5.74, 6) is -1.13. The quantitative estimate of drug-likeness (QED) is 0.618. The van der Waals surface area contributed by atoms with Crippen LogP contribution >= 0.6 is 11.8 Å². The van der Waals surface area contributed by atoms with E-state index in [0.717, 1.165) is 11.8 Å². The van der Waals surface area contributed by atoms with Crippen molar-refractivity contribution in [3.05, 3.63) is 0 Å². The molecule has 0 aromatic carbocycles. The largest absolute Gasteiger partial charge is 0.550 e. The molecule has 6 heteroatoms. The number of halogens is 3. The van der Waals surface area contributed by atoms with E-state index < -0.39 is 18.6 Å². The summed E-state index contributed by atoms with van der Waals surface area (Å²) in [5, 5.41) is 9.81. The lowest BCUT2D eigenvalue weighted by atomic mass is 10.5. The molecule has 2 nitrogen and oxygen atoms in total. The second kappa shape index (κ2) is 5.29. The van der Waals surface area contributed by atoms with Crippen LogP contribution in [0, 0.1) is 0 Å². The third-order valence-electron chi connectivity index (χ3n) is 0.980. The Labute approximate surface area is 72.1 Å². The number of hydrogen-bond donors (Lipinski definition) is 0. The normalized spacial score (nSPS) is 11.6. The van der Waals surface area contributed by atoms with E-state index in [-0.39, 0.29) is 17.9 Å². The highest BCUT2D eigenvalue weighted by atomic mass is 32.2. The summed E-state index contributed by atoms with van der Waals surface area (Å²) in [5.41, 5.74) is 0. The first-order valence-corrected chi connectivity index (χ1v) is 4.41. The molecule has 0 radical (unpaired) electrons. The van der Waals surface area contributed by atoms with E-state index in [4.69, 9.17) is 0 Å². The monoisotopic (exact) mass is 201 g/mol. The third kappa shape index (κ3) is 9.61. The molecule has 0 aliphatic carbocycles. The zero-order valence-electron chi connectivity index (χ0n) is 6.19. The molecule has 0 spiro atoms.